The first kappa shape index (κ1) is 20.0. The second-order valence-electron chi connectivity index (χ2n) is 6.95. The average molecular weight is 284 g/mol. The standard InChI is InChI=1S/C19H41N/c1-9-14-19(13-5,16(7)11-3)18(12-4)20-17(8)15(6)10-2/h15-18,20H,9-14H2,1-8H3. The van der Waals surface area contributed by atoms with Crippen molar-refractivity contribution < 1.29 is 0 Å². The molecule has 1 heteroatoms. The van der Waals surface area contributed by atoms with E-state index in [4.69, 9.17) is 0 Å². The van der Waals surface area contributed by atoms with Gasteiger partial charge in [0.15, 0.2) is 0 Å². The van der Waals surface area contributed by atoms with Gasteiger partial charge < -0.3 is 5.32 Å². The Balaban J connectivity index is 5.17. The first-order valence-electron chi connectivity index (χ1n) is 9.19. The van der Waals surface area contributed by atoms with Crippen LogP contribution in [0.25, 0.3) is 0 Å². The van der Waals surface area contributed by atoms with Crippen LogP contribution in [-0.4, -0.2) is 12.1 Å². The summed E-state index contributed by atoms with van der Waals surface area (Å²) in [5.41, 5.74) is 0.472. The Bertz CT molecular complexity index is 238. The molecule has 5 atom stereocenters. The number of rotatable bonds is 11. The van der Waals surface area contributed by atoms with E-state index in [0.717, 1.165) is 11.8 Å². The molecule has 0 heterocycles. The minimum atomic E-state index is 0.472. The Kier molecular flexibility index (Phi) is 9.80. The van der Waals surface area contributed by atoms with Crippen LogP contribution in [0.5, 0.6) is 0 Å². The Hall–Kier alpha value is -0.0400. The highest BCUT2D eigenvalue weighted by Gasteiger charge is 2.40. The monoisotopic (exact) mass is 283 g/mol. The maximum absolute atomic E-state index is 4.01. The van der Waals surface area contributed by atoms with Crippen LogP contribution in [-0.2, 0) is 0 Å². The Morgan fingerprint density at radius 1 is 0.850 bits per heavy atom. The fourth-order valence-electron chi connectivity index (χ4n) is 3.93. The van der Waals surface area contributed by atoms with Crippen LogP contribution in [0.15, 0.2) is 0 Å². The fourth-order valence-corrected chi connectivity index (χ4v) is 3.93. The van der Waals surface area contributed by atoms with Crippen LogP contribution in [0, 0.1) is 17.3 Å². The summed E-state index contributed by atoms with van der Waals surface area (Å²) >= 11 is 0. The molecule has 0 aromatic heterocycles. The van der Waals surface area contributed by atoms with E-state index in [1.54, 1.807) is 0 Å². The number of hydrogen-bond acceptors (Lipinski definition) is 1. The summed E-state index contributed by atoms with van der Waals surface area (Å²) in [6.07, 6.45) is 7.77. The molecule has 0 aromatic carbocycles. The Morgan fingerprint density at radius 2 is 1.45 bits per heavy atom. The van der Waals surface area contributed by atoms with Gasteiger partial charge in [-0.3, -0.25) is 0 Å². The Labute approximate surface area is 129 Å². The maximum Gasteiger partial charge on any atom is 0.0126 e. The van der Waals surface area contributed by atoms with Gasteiger partial charge in [0.2, 0.25) is 0 Å². The van der Waals surface area contributed by atoms with Crippen molar-refractivity contribution in [2.24, 2.45) is 17.3 Å². The summed E-state index contributed by atoms with van der Waals surface area (Å²) < 4.78 is 0. The van der Waals surface area contributed by atoms with Crippen molar-refractivity contribution in [2.75, 3.05) is 0 Å². The minimum absolute atomic E-state index is 0.472. The van der Waals surface area contributed by atoms with Gasteiger partial charge in [-0.1, -0.05) is 67.7 Å². The van der Waals surface area contributed by atoms with Gasteiger partial charge in [-0.05, 0) is 43.4 Å². The summed E-state index contributed by atoms with van der Waals surface area (Å²) in [4.78, 5) is 0. The maximum atomic E-state index is 4.01. The van der Waals surface area contributed by atoms with Gasteiger partial charge >= 0.3 is 0 Å². The van der Waals surface area contributed by atoms with E-state index < -0.39 is 0 Å². The lowest BCUT2D eigenvalue weighted by molar-refractivity contribution is 0.0690. The van der Waals surface area contributed by atoms with Crippen LogP contribution in [0.3, 0.4) is 0 Å². The molecule has 1 nitrogen and oxygen atoms in total. The highest BCUT2D eigenvalue weighted by molar-refractivity contribution is 4.94. The van der Waals surface area contributed by atoms with Crippen molar-refractivity contribution in [3.8, 4) is 0 Å². The normalized spacial score (nSPS) is 21.0. The highest BCUT2D eigenvalue weighted by atomic mass is 15.0. The summed E-state index contributed by atoms with van der Waals surface area (Å²) in [5.74, 6) is 1.56. The van der Waals surface area contributed by atoms with E-state index in [9.17, 15) is 0 Å². The number of nitrogens with one attached hydrogen (secondary N) is 1. The molecular weight excluding hydrogens is 242 g/mol. The van der Waals surface area contributed by atoms with Crippen LogP contribution in [0.1, 0.15) is 93.9 Å². The lowest BCUT2D eigenvalue weighted by Crippen LogP contribution is -2.52. The third-order valence-corrected chi connectivity index (χ3v) is 6.03. The van der Waals surface area contributed by atoms with Crippen molar-refractivity contribution >= 4 is 0 Å². The second-order valence-corrected chi connectivity index (χ2v) is 6.95. The first-order chi connectivity index (χ1) is 9.43. The molecule has 0 rings (SSSR count). The van der Waals surface area contributed by atoms with Gasteiger partial charge in [0, 0.05) is 12.1 Å². The molecular formula is C19H41N. The van der Waals surface area contributed by atoms with Gasteiger partial charge in [0.05, 0.1) is 0 Å². The molecule has 0 saturated carbocycles. The SMILES string of the molecule is CCCC(CC)(C(C)CC)C(CC)NC(C)C(C)CC. The predicted octanol–water partition coefficient (Wildman–Crippen LogP) is 6.03. The van der Waals surface area contributed by atoms with Gasteiger partial charge in [-0.15, -0.1) is 0 Å². The molecule has 0 bridgehead atoms. The van der Waals surface area contributed by atoms with Gasteiger partial charge in [0.25, 0.3) is 0 Å². The molecule has 0 aliphatic rings. The van der Waals surface area contributed by atoms with Crippen molar-refractivity contribution in [1.82, 2.24) is 5.32 Å². The van der Waals surface area contributed by atoms with Crippen molar-refractivity contribution in [3.05, 3.63) is 0 Å². The zero-order valence-electron chi connectivity index (χ0n) is 15.6. The molecule has 20 heavy (non-hydrogen) atoms. The van der Waals surface area contributed by atoms with Crippen LogP contribution < -0.4 is 5.32 Å². The lowest BCUT2D eigenvalue weighted by Gasteiger charge is -2.47. The van der Waals surface area contributed by atoms with Crippen molar-refractivity contribution in [1.29, 1.82) is 0 Å². The molecule has 0 radical (unpaired) electrons. The summed E-state index contributed by atoms with van der Waals surface area (Å²) in [6, 6.07) is 1.28. The van der Waals surface area contributed by atoms with E-state index in [1.807, 2.05) is 0 Å². The third kappa shape index (κ3) is 4.76. The summed E-state index contributed by atoms with van der Waals surface area (Å²) in [6.45, 7) is 19.0. The van der Waals surface area contributed by atoms with E-state index in [1.165, 1.54) is 38.5 Å². The van der Waals surface area contributed by atoms with Gasteiger partial charge in [-0.25, -0.2) is 0 Å². The highest BCUT2D eigenvalue weighted by Crippen LogP contribution is 2.43. The van der Waals surface area contributed by atoms with Crippen LogP contribution in [0.4, 0.5) is 0 Å². The van der Waals surface area contributed by atoms with E-state index in [2.05, 4.69) is 60.7 Å². The topological polar surface area (TPSA) is 12.0 Å². The van der Waals surface area contributed by atoms with Crippen molar-refractivity contribution in [2.45, 2.75) is 106 Å². The predicted molar refractivity (Wildman–Crippen MR) is 93.2 cm³/mol. The number of hydrogen-bond donors (Lipinski definition) is 1. The van der Waals surface area contributed by atoms with Gasteiger partial charge in [0.1, 0.15) is 0 Å². The van der Waals surface area contributed by atoms with Crippen LogP contribution >= 0.6 is 0 Å². The smallest absolute Gasteiger partial charge is 0.0126 e. The molecule has 5 unspecified atom stereocenters. The van der Waals surface area contributed by atoms with Crippen molar-refractivity contribution in [3.63, 3.8) is 0 Å². The molecule has 0 amide bonds. The van der Waals surface area contributed by atoms with Gasteiger partial charge in [-0.2, -0.15) is 0 Å². The lowest BCUT2D eigenvalue weighted by atomic mass is 9.64. The van der Waals surface area contributed by atoms with E-state index in [0.29, 0.717) is 17.5 Å². The third-order valence-electron chi connectivity index (χ3n) is 6.03. The molecule has 0 aliphatic carbocycles. The largest absolute Gasteiger partial charge is 0.311 e. The van der Waals surface area contributed by atoms with Crippen LogP contribution in [0.2, 0.25) is 0 Å². The first-order valence-corrected chi connectivity index (χ1v) is 9.19. The summed E-state index contributed by atoms with van der Waals surface area (Å²) in [7, 11) is 0. The molecule has 122 valence electrons. The summed E-state index contributed by atoms with van der Waals surface area (Å²) in [5, 5.41) is 4.01. The molecule has 0 saturated heterocycles. The molecule has 0 aliphatic heterocycles. The zero-order chi connectivity index (χ0) is 15.8. The zero-order valence-corrected chi connectivity index (χ0v) is 15.6. The molecule has 0 spiro atoms. The van der Waals surface area contributed by atoms with E-state index >= 15 is 0 Å². The molecule has 0 fully saturated rings. The molecule has 1 N–H and O–H groups in total. The average Bonchev–Trinajstić information content (AvgIpc) is 2.48. The fraction of sp³-hybridized carbons (Fsp3) is 1.00. The van der Waals surface area contributed by atoms with E-state index in [-0.39, 0.29) is 0 Å². The Morgan fingerprint density at radius 3 is 1.80 bits per heavy atom. The minimum Gasteiger partial charge on any atom is -0.311 e. The quantitative estimate of drug-likeness (QED) is 0.488. The second kappa shape index (κ2) is 9.82. The molecule has 0 aromatic rings.